The highest BCUT2D eigenvalue weighted by atomic mass is 19.1. The maximum absolute atomic E-state index is 13.8. The van der Waals surface area contributed by atoms with E-state index in [1.165, 1.54) is 6.07 Å². The number of fused-ring (bicyclic) bond motifs is 2. The van der Waals surface area contributed by atoms with Gasteiger partial charge in [-0.1, -0.05) is 12.1 Å². The van der Waals surface area contributed by atoms with E-state index in [9.17, 15) is 9.18 Å². The topological polar surface area (TPSA) is 69.8 Å². The Hall–Kier alpha value is -1.95. The number of halogens is 1. The minimum Gasteiger partial charge on any atom is -0.345 e. The summed E-state index contributed by atoms with van der Waals surface area (Å²) in [5, 5.41) is 14.0. The van der Waals surface area contributed by atoms with Gasteiger partial charge in [0, 0.05) is 11.3 Å². The Labute approximate surface area is 127 Å². The first kappa shape index (κ1) is 13.7. The molecule has 1 aliphatic carbocycles. The van der Waals surface area contributed by atoms with Gasteiger partial charge in [0.1, 0.15) is 5.52 Å². The molecule has 2 aliphatic rings. The van der Waals surface area contributed by atoms with Gasteiger partial charge < -0.3 is 10.6 Å². The molecule has 2 heterocycles. The van der Waals surface area contributed by atoms with Gasteiger partial charge in [-0.2, -0.15) is 5.10 Å². The monoisotopic (exact) mass is 302 g/mol. The normalized spacial score (nSPS) is 27.0. The van der Waals surface area contributed by atoms with Crippen LogP contribution in [0.5, 0.6) is 0 Å². The van der Waals surface area contributed by atoms with E-state index in [1.807, 2.05) is 19.9 Å². The predicted molar refractivity (Wildman–Crippen MR) is 80.6 cm³/mol. The second-order valence-electron chi connectivity index (χ2n) is 6.86. The number of piperidine rings is 1. The van der Waals surface area contributed by atoms with Crippen LogP contribution in [0.15, 0.2) is 18.2 Å². The van der Waals surface area contributed by atoms with Crippen molar-refractivity contribution in [3.8, 4) is 0 Å². The summed E-state index contributed by atoms with van der Waals surface area (Å²) in [7, 11) is 0. The highest BCUT2D eigenvalue weighted by molar-refractivity contribution is 5.86. The highest BCUT2D eigenvalue weighted by Crippen LogP contribution is 2.49. The number of hydrogen-bond acceptors (Lipinski definition) is 3. The van der Waals surface area contributed by atoms with Crippen molar-refractivity contribution in [2.75, 3.05) is 13.1 Å². The summed E-state index contributed by atoms with van der Waals surface area (Å²) in [6.07, 6.45) is 0. The first-order valence-electron chi connectivity index (χ1n) is 7.65. The molecule has 0 bridgehead atoms. The molecule has 2 fully saturated rings. The van der Waals surface area contributed by atoms with Crippen molar-refractivity contribution in [1.82, 2.24) is 20.8 Å². The van der Waals surface area contributed by atoms with Gasteiger partial charge >= 0.3 is 0 Å². The van der Waals surface area contributed by atoms with Crippen LogP contribution in [0.2, 0.25) is 0 Å². The van der Waals surface area contributed by atoms with E-state index in [2.05, 4.69) is 20.8 Å². The molecule has 1 saturated heterocycles. The number of nitrogens with zero attached hydrogens (tertiary/aromatic N) is 1. The fourth-order valence-corrected chi connectivity index (χ4v) is 3.74. The van der Waals surface area contributed by atoms with Crippen LogP contribution in [0.3, 0.4) is 0 Å². The lowest BCUT2D eigenvalue weighted by Gasteiger charge is -2.26. The third-order valence-corrected chi connectivity index (χ3v) is 4.99. The number of para-hydroxylation sites is 1. The molecule has 1 saturated carbocycles. The molecule has 0 spiro atoms. The molecule has 6 heteroatoms. The maximum atomic E-state index is 13.8. The molecule has 1 aliphatic heterocycles. The second-order valence-corrected chi connectivity index (χ2v) is 6.86. The second kappa shape index (κ2) is 4.52. The fourth-order valence-electron chi connectivity index (χ4n) is 3.74. The predicted octanol–water partition coefficient (Wildman–Crippen LogP) is 1.52. The fraction of sp³-hybridized carbons (Fsp3) is 0.500. The average molecular weight is 302 g/mol. The first-order chi connectivity index (χ1) is 10.5. The van der Waals surface area contributed by atoms with Crippen molar-refractivity contribution < 1.29 is 9.18 Å². The van der Waals surface area contributed by atoms with Crippen molar-refractivity contribution in [1.29, 1.82) is 0 Å². The molecule has 22 heavy (non-hydrogen) atoms. The summed E-state index contributed by atoms with van der Waals surface area (Å²) >= 11 is 0. The zero-order valence-electron chi connectivity index (χ0n) is 12.6. The Morgan fingerprint density at radius 2 is 2.09 bits per heavy atom. The SMILES string of the molecule is CC(C)(NC(=O)C1C2CNC[C@H]21)c1[nH]nc2c(F)cccc12. The van der Waals surface area contributed by atoms with Gasteiger partial charge in [-0.15, -0.1) is 0 Å². The molecule has 4 rings (SSSR count). The number of amides is 1. The van der Waals surface area contributed by atoms with Gasteiger partial charge in [0.25, 0.3) is 0 Å². The zero-order chi connectivity index (χ0) is 15.5. The van der Waals surface area contributed by atoms with Crippen LogP contribution < -0.4 is 10.6 Å². The van der Waals surface area contributed by atoms with Crippen molar-refractivity contribution >= 4 is 16.8 Å². The standard InChI is InChI=1S/C16H19FN4O/c1-16(2,19-15(22)12-9-6-18-7-10(9)12)14-8-4-3-5-11(17)13(8)20-21-14/h3-5,9-10,12,18H,6-7H2,1-2H3,(H,19,22)(H,20,21)/t9-,10?,12?/m1/s1. The van der Waals surface area contributed by atoms with Crippen LogP contribution in [0.4, 0.5) is 4.39 Å². The molecular weight excluding hydrogens is 283 g/mol. The Morgan fingerprint density at radius 1 is 1.36 bits per heavy atom. The summed E-state index contributed by atoms with van der Waals surface area (Å²) < 4.78 is 13.8. The van der Waals surface area contributed by atoms with E-state index < -0.39 is 5.54 Å². The minimum atomic E-state index is -0.621. The number of nitrogens with one attached hydrogen (secondary N) is 3. The van der Waals surface area contributed by atoms with E-state index in [-0.39, 0.29) is 17.6 Å². The summed E-state index contributed by atoms with van der Waals surface area (Å²) in [4.78, 5) is 12.5. The molecular formula is C16H19FN4O. The molecule has 2 unspecified atom stereocenters. The molecule has 116 valence electrons. The number of aromatic amines is 1. The molecule has 1 aromatic heterocycles. The number of hydrogen-bond donors (Lipinski definition) is 3. The van der Waals surface area contributed by atoms with Crippen LogP contribution in [0, 0.1) is 23.6 Å². The van der Waals surface area contributed by atoms with Gasteiger partial charge in [-0.3, -0.25) is 9.89 Å². The van der Waals surface area contributed by atoms with Gasteiger partial charge in [0.05, 0.1) is 11.2 Å². The number of aromatic nitrogens is 2. The lowest BCUT2D eigenvalue weighted by atomic mass is 9.96. The first-order valence-corrected chi connectivity index (χ1v) is 7.65. The van der Waals surface area contributed by atoms with Crippen LogP contribution in [-0.4, -0.2) is 29.2 Å². The molecule has 5 nitrogen and oxygen atoms in total. The van der Waals surface area contributed by atoms with Crippen molar-refractivity contribution in [3.05, 3.63) is 29.7 Å². The average Bonchev–Trinajstić information content (AvgIpc) is 2.85. The summed E-state index contributed by atoms with van der Waals surface area (Å²) in [6, 6.07) is 4.86. The smallest absolute Gasteiger partial charge is 0.224 e. The Balaban J connectivity index is 1.59. The minimum absolute atomic E-state index is 0.0839. The molecule has 2 aromatic rings. The van der Waals surface area contributed by atoms with Crippen molar-refractivity contribution in [3.63, 3.8) is 0 Å². The maximum Gasteiger partial charge on any atom is 0.224 e. The third kappa shape index (κ3) is 1.94. The lowest BCUT2D eigenvalue weighted by Crippen LogP contribution is -2.43. The van der Waals surface area contributed by atoms with Gasteiger partial charge in [0.2, 0.25) is 5.91 Å². The molecule has 1 amide bonds. The number of carbonyl (C=O) groups excluding carboxylic acids is 1. The van der Waals surface area contributed by atoms with Gasteiger partial charge in [-0.25, -0.2) is 4.39 Å². The highest BCUT2D eigenvalue weighted by Gasteiger charge is 2.57. The van der Waals surface area contributed by atoms with Crippen molar-refractivity contribution in [2.45, 2.75) is 19.4 Å². The number of H-pyrrole nitrogens is 1. The Kier molecular flexibility index (Phi) is 2.81. The van der Waals surface area contributed by atoms with E-state index in [4.69, 9.17) is 0 Å². The summed E-state index contributed by atoms with van der Waals surface area (Å²) in [6.45, 7) is 5.70. The summed E-state index contributed by atoms with van der Waals surface area (Å²) in [5.41, 5.74) is 0.427. The molecule has 1 aromatic carbocycles. The lowest BCUT2D eigenvalue weighted by molar-refractivity contribution is -0.124. The van der Waals surface area contributed by atoms with Crippen LogP contribution in [-0.2, 0) is 10.3 Å². The number of carbonyl (C=O) groups is 1. The Bertz CT molecular complexity index is 744. The van der Waals surface area contributed by atoms with E-state index in [0.717, 1.165) is 18.8 Å². The van der Waals surface area contributed by atoms with Crippen LogP contribution >= 0.6 is 0 Å². The largest absolute Gasteiger partial charge is 0.345 e. The van der Waals surface area contributed by atoms with Crippen molar-refractivity contribution in [2.24, 2.45) is 17.8 Å². The molecule has 3 atom stereocenters. The number of benzene rings is 1. The van der Waals surface area contributed by atoms with E-state index >= 15 is 0 Å². The zero-order valence-corrected chi connectivity index (χ0v) is 12.6. The van der Waals surface area contributed by atoms with Gasteiger partial charge in [0.15, 0.2) is 5.82 Å². The summed E-state index contributed by atoms with van der Waals surface area (Å²) in [5.74, 6) is 0.801. The van der Waals surface area contributed by atoms with Crippen LogP contribution in [0.1, 0.15) is 19.5 Å². The quantitative estimate of drug-likeness (QED) is 0.805. The van der Waals surface area contributed by atoms with E-state index in [0.29, 0.717) is 22.7 Å². The van der Waals surface area contributed by atoms with Gasteiger partial charge in [-0.05, 0) is 44.8 Å². The Morgan fingerprint density at radius 3 is 2.82 bits per heavy atom. The third-order valence-electron chi connectivity index (χ3n) is 4.99. The molecule has 3 N–H and O–H groups in total. The number of rotatable bonds is 3. The van der Waals surface area contributed by atoms with E-state index in [1.54, 1.807) is 6.07 Å². The molecule has 0 radical (unpaired) electrons. The van der Waals surface area contributed by atoms with Crippen LogP contribution in [0.25, 0.3) is 10.9 Å².